The monoisotopic (exact) mass is 155 g/mol. The molecule has 0 saturated heterocycles. The minimum atomic E-state index is 0.391. The van der Waals surface area contributed by atoms with Crippen molar-refractivity contribution in [2.75, 3.05) is 0 Å². The Balaban J connectivity index is 2.45. The summed E-state index contributed by atoms with van der Waals surface area (Å²) >= 11 is 0. The number of rotatable bonds is 4. The molecule has 0 amide bonds. The Morgan fingerprint density at radius 2 is 2.00 bits per heavy atom. The van der Waals surface area contributed by atoms with Gasteiger partial charge in [0.1, 0.15) is 0 Å². The molecule has 1 nitrogen and oxygen atoms in total. The van der Waals surface area contributed by atoms with Crippen LogP contribution in [0, 0.1) is 11.3 Å². The molecule has 1 heteroatoms. The van der Waals surface area contributed by atoms with Gasteiger partial charge in [0.2, 0.25) is 0 Å². The molecule has 66 valence electrons. The van der Waals surface area contributed by atoms with Gasteiger partial charge in [-0.25, -0.2) is 0 Å². The van der Waals surface area contributed by atoms with Crippen LogP contribution in [0.3, 0.4) is 0 Å². The summed E-state index contributed by atoms with van der Waals surface area (Å²) < 4.78 is 0. The van der Waals surface area contributed by atoms with E-state index in [0.29, 0.717) is 11.5 Å². The molecule has 11 heavy (non-hydrogen) atoms. The smallest absolute Gasteiger partial charge is 0.00439 e. The largest absolute Gasteiger partial charge is 0.328 e. The Morgan fingerprint density at radius 1 is 1.45 bits per heavy atom. The highest BCUT2D eigenvalue weighted by atomic mass is 14.7. The van der Waals surface area contributed by atoms with Crippen molar-refractivity contribution in [3.05, 3.63) is 0 Å². The fraction of sp³-hybridized carbons (Fsp3) is 1.00. The van der Waals surface area contributed by atoms with Crippen LogP contribution in [0.1, 0.15) is 46.5 Å². The summed E-state index contributed by atoms with van der Waals surface area (Å²) in [7, 11) is 0. The third-order valence-corrected chi connectivity index (χ3v) is 3.17. The molecule has 1 aliphatic rings. The van der Waals surface area contributed by atoms with Crippen LogP contribution in [0.5, 0.6) is 0 Å². The van der Waals surface area contributed by atoms with Crippen LogP contribution in [0.15, 0.2) is 0 Å². The molecule has 1 unspecified atom stereocenters. The Hall–Kier alpha value is -0.0400. The van der Waals surface area contributed by atoms with Crippen LogP contribution < -0.4 is 5.73 Å². The van der Waals surface area contributed by atoms with E-state index in [1.54, 1.807) is 0 Å². The highest BCUT2D eigenvalue weighted by Crippen LogP contribution is 2.53. The first-order chi connectivity index (χ1) is 5.10. The van der Waals surface area contributed by atoms with E-state index in [4.69, 9.17) is 5.73 Å². The minimum absolute atomic E-state index is 0.391. The predicted octanol–water partition coefficient (Wildman–Crippen LogP) is 2.55. The summed E-state index contributed by atoms with van der Waals surface area (Å²) in [6.07, 6.45) is 5.40. The number of hydrogen-bond acceptors (Lipinski definition) is 1. The first-order valence-corrected chi connectivity index (χ1v) is 4.86. The van der Waals surface area contributed by atoms with Gasteiger partial charge in [0, 0.05) is 6.04 Å². The molecule has 0 aromatic carbocycles. The zero-order valence-corrected chi connectivity index (χ0v) is 8.06. The molecular weight excluding hydrogens is 134 g/mol. The van der Waals surface area contributed by atoms with Crippen LogP contribution in [-0.2, 0) is 0 Å². The van der Waals surface area contributed by atoms with Crippen LogP contribution >= 0.6 is 0 Å². The molecule has 0 radical (unpaired) electrons. The lowest BCUT2D eigenvalue weighted by molar-refractivity contribution is 0.269. The second-order valence-corrected chi connectivity index (χ2v) is 4.41. The van der Waals surface area contributed by atoms with Gasteiger partial charge in [-0.15, -0.1) is 0 Å². The van der Waals surface area contributed by atoms with Crippen LogP contribution in [0.4, 0.5) is 0 Å². The van der Waals surface area contributed by atoms with Crippen molar-refractivity contribution in [1.29, 1.82) is 0 Å². The normalized spacial score (nSPS) is 26.2. The lowest BCUT2D eigenvalue weighted by atomic mass is 9.82. The summed E-state index contributed by atoms with van der Waals surface area (Å²) in [5.41, 5.74) is 6.56. The summed E-state index contributed by atoms with van der Waals surface area (Å²) in [5.74, 6) is 0.771. The van der Waals surface area contributed by atoms with E-state index in [9.17, 15) is 0 Å². The lowest BCUT2D eigenvalue weighted by Crippen LogP contribution is -2.32. The van der Waals surface area contributed by atoms with Crippen molar-refractivity contribution < 1.29 is 0 Å². The Bertz CT molecular complexity index is 125. The highest BCUT2D eigenvalue weighted by molar-refractivity contribution is 4.97. The van der Waals surface area contributed by atoms with Gasteiger partial charge in [0.05, 0.1) is 0 Å². The van der Waals surface area contributed by atoms with Crippen LogP contribution in [0.25, 0.3) is 0 Å². The van der Waals surface area contributed by atoms with E-state index in [1.807, 2.05) is 0 Å². The van der Waals surface area contributed by atoms with E-state index in [0.717, 1.165) is 5.92 Å². The maximum absolute atomic E-state index is 5.95. The summed E-state index contributed by atoms with van der Waals surface area (Å²) in [4.78, 5) is 0. The van der Waals surface area contributed by atoms with Crippen molar-refractivity contribution in [3.63, 3.8) is 0 Å². The van der Waals surface area contributed by atoms with Crippen molar-refractivity contribution in [2.24, 2.45) is 17.1 Å². The molecule has 0 aliphatic heterocycles. The van der Waals surface area contributed by atoms with Gasteiger partial charge in [-0.05, 0) is 37.5 Å². The first kappa shape index (κ1) is 9.05. The molecule has 0 aromatic heterocycles. The fourth-order valence-electron chi connectivity index (χ4n) is 2.12. The van der Waals surface area contributed by atoms with Crippen molar-refractivity contribution in [1.82, 2.24) is 0 Å². The minimum Gasteiger partial charge on any atom is -0.328 e. The zero-order chi connectivity index (χ0) is 8.48. The van der Waals surface area contributed by atoms with Crippen molar-refractivity contribution >= 4 is 0 Å². The van der Waals surface area contributed by atoms with Crippen molar-refractivity contribution in [2.45, 2.75) is 52.5 Å². The second-order valence-electron chi connectivity index (χ2n) is 4.41. The van der Waals surface area contributed by atoms with Gasteiger partial charge in [0.15, 0.2) is 0 Å². The van der Waals surface area contributed by atoms with Gasteiger partial charge in [-0.1, -0.05) is 20.3 Å². The fourth-order valence-corrected chi connectivity index (χ4v) is 2.12. The molecule has 2 N–H and O–H groups in total. The predicted molar refractivity (Wildman–Crippen MR) is 49.4 cm³/mol. The lowest BCUT2D eigenvalue weighted by Gasteiger charge is -2.26. The maximum Gasteiger partial charge on any atom is 0.00439 e. The van der Waals surface area contributed by atoms with Gasteiger partial charge in [-0.2, -0.15) is 0 Å². The SMILES string of the molecule is CCC[C@@H](C(C)N)C1(C)CC1. The highest BCUT2D eigenvalue weighted by Gasteiger charge is 2.45. The zero-order valence-electron chi connectivity index (χ0n) is 8.06. The third kappa shape index (κ3) is 1.96. The summed E-state index contributed by atoms with van der Waals surface area (Å²) in [5, 5.41) is 0. The van der Waals surface area contributed by atoms with E-state index in [-0.39, 0.29) is 0 Å². The standard InChI is InChI=1S/C10H21N/c1-4-5-9(8(2)11)10(3)6-7-10/h8-9H,4-7,11H2,1-3H3/t8?,9-/m0/s1. The molecule has 0 aromatic rings. The topological polar surface area (TPSA) is 26.0 Å². The Labute approximate surface area is 70.4 Å². The van der Waals surface area contributed by atoms with Gasteiger partial charge >= 0.3 is 0 Å². The van der Waals surface area contributed by atoms with E-state index in [2.05, 4.69) is 20.8 Å². The maximum atomic E-state index is 5.95. The summed E-state index contributed by atoms with van der Waals surface area (Å²) in [6.45, 7) is 6.79. The van der Waals surface area contributed by atoms with E-state index < -0.39 is 0 Å². The van der Waals surface area contributed by atoms with E-state index >= 15 is 0 Å². The van der Waals surface area contributed by atoms with E-state index in [1.165, 1.54) is 25.7 Å². The van der Waals surface area contributed by atoms with Gasteiger partial charge in [0.25, 0.3) is 0 Å². The Morgan fingerprint density at radius 3 is 2.27 bits per heavy atom. The molecular formula is C10H21N. The quantitative estimate of drug-likeness (QED) is 0.663. The first-order valence-electron chi connectivity index (χ1n) is 4.86. The van der Waals surface area contributed by atoms with Gasteiger partial charge < -0.3 is 5.73 Å². The molecule has 1 aliphatic carbocycles. The van der Waals surface area contributed by atoms with Gasteiger partial charge in [-0.3, -0.25) is 0 Å². The number of nitrogens with two attached hydrogens (primary N) is 1. The van der Waals surface area contributed by atoms with Crippen molar-refractivity contribution in [3.8, 4) is 0 Å². The molecule has 1 rings (SSSR count). The van der Waals surface area contributed by atoms with Crippen LogP contribution in [-0.4, -0.2) is 6.04 Å². The second kappa shape index (κ2) is 3.14. The average Bonchev–Trinajstić information content (AvgIpc) is 2.63. The molecule has 0 spiro atoms. The molecule has 0 heterocycles. The van der Waals surface area contributed by atoms with Crippen LogP contribution in [0.2, 0.25) is 0 Å². The molecule has 0 bridgehead atoms. The number of hydrogen-bond donors (Lipinski definition) is 1. The summed E-state index contributed by atoms with van der Waals surface area (Å²) in [6, 6.07) is 0.391. The molecule has 1 saturated carbocycles. The molecule has 1 fully saturated rings. The third-order valence-electron chi connectivity index (χ3n) is 3.17. The average molecular weight is 155 g/mol. The Kier molecular flexibility index (Phi) is 2.58. The molecule has 2 atom stereocenters.